The van der Waals surface area contributed by atoms with E-state index in [4.69, 9.17) is 5.73 Å². The number of hydrogen-bond donors (Lipinski definition) is 1. The molecule has 0 saturated heterocycles. The molecule has 0 bridgehead atoms. The molecule has 0 radical (unpaired) electrons. The molecule has 0 unspecified atom stereocenters. The lowest BCUT2D eigenvalue weighted by Gasteiger charge is -2.20. The van der Waals surface area contributed by atoms with Gasteiger partial charge in [-0.05, 0) is 22.4 Å². The number of pyridine rings is 2. The summed E-state index contributed by atoms with van der Waals surface area (Å²) in [5.41, 5.74) is 7.09. The van der Waals surface area contributed by atoms with Gasteiger partial charge in [0.1, 0.15) is 5.82 Å². The van der Waals surface area contributed by atoms with Crippen molar-refractivity contribution in [1.29, 1.82) is 0 Å². The third kappa shape index (κ3) is 1.65. The van der Waals surface area contributed by atoms with Crippen LogP contribution in [-0.4, -0.2) is 9.97 Å². The van der Waals surface area contributed by atoms with Crippen LogP contribution >= 0.6 is 0 Å². The van der Waals surface area contributed by atoms with Crippen LogP contribution in [0.2, 0.25) is 0 Å². The summed E-state index contributed by atoms with van der Waals surface area (Å²) in [6.07, 6.45) is 5.42. The van der Waals surface area contributed by atoms with Gasteiger partial charge < -0.3 is 5.73 Å². The molecule has 2 heterocycles. The van der Waals surface area contributed by atoms with Crippen molar-refractivity contribution < 1.29 is 0 Å². The van der Waals surface area contributed by atoms with E-state index in [1.807, 2.05) is 12.3 Å². The van der Waals surface area contributed by atoms with Gasteiger partial charge in [0.2, 0.25) is 0 Å². The molecule has 78 valence electrons. The van der Waals surface area contributed by atoms with Crippen molar-refractivity contribution in [1.82, 2.24) is 9.97 Å². The minimum Gasteiger partial charge on any atom is -0.383 e. The summed E-state index contributed by atoms with van der Waals surface area (Å²) >= 11 is 0. The maximum atomic E-state index is 5.82. The molecule has 0 aliphatic rings. The SMILES string of the molecule is CC(C)(C)c1cncc2c(N)nccc12. The molecule has 0 aromatic carbocycles. The fraction of sp³-hybridized carbons (Fsp3) is 0.333. The van der Waals surface area contributed by atoms with Gasteiger partial charge in [0.05, 0.1) is 0 Å². The van der Waals surface area contributed by atoms with E-state index in [1.165, 1.54) is 5.56 Å². The Labute approximate surface area is 89.4 Å². The summed E-state index contributed by atoms with van der Waals surface area (Å²) in [4.78, 5) is 8.29. The fourth-order valence-electron chi connectivity index (χ4n) is 1.71. The van der Waals surface area contributed by atoms with Crippen molar-refractivity contribution in [2.24, 2.45) is 0 Å². The Morgan fingerprint density at radius 2 is 1.87 bits per heavy atom. The number of aromatic nitrogens is 2. The van der Waals surface area contributed by atoms with Crippen molar-refractivity contribution in [2.45, 2.75) is 26.2 Å². The fourth-order valence-corrected chi connectivity index (χ4v) is 1.71. The second kappa shape index (κ2) is 3.19. The Balaban J connectivity index is 2.83. The van der Waals surface area contributed by atoms with Crippen LogP contribution in [0, 0.1) is 0 Å². The number of rotatable bonds is 0. The van der Waals surface area contributed by atoms with Crippen LogP contribution in [0.3, 0.4) is 0 Å². The van der Waals surface area contributed by atoms with Crippen LogP contribution in [-0.2, 0) is 5.41 Å². The molecule has 0 aliphatic heterocycles. The van der Waals surface area contributed by atoms with Gasteiger partial charge in [0, 0.05) is 24.0 Å². The molecule has 2 N–H and O–H groups in total. The number of fused-ring (bicyclic) bond motifs is 1. The molecule has 2 aromatic heterocycles. The molecule has 0 aliphatic carbocycles. The zero-order valence-corrected chi connectivity index (χ0v) is 9.28. The summed E-state index contributed by atoms with van der Waals surface area (Å²) in [7, 11) is 0. The summed E-state index contributed by atoms with van der Waals surface area (Å²) in [6, 6.07) is 1.99. The molecule has 3 nitrogen and oxygen atoms in total. The lowest BCUT2D eigenvalue weighted by atomic mass is 9.85. The average molecular weight is 201 g/mol. The second-order valence-electron chi connectivity index (χ2n) is 4.73. The number of nitrogens with zero attached hydrogens (tertiary/aromatic N) is 2. The quantitative estimate of drug-likeness (QED) is 0.712. The standard InChI is InChI=1S/C12H15N3/c1-12(2,3)10-7-14-6-9-8(10)4-5-15-11(9)13/h4-7H,1-3H3,(H2,13,15). The van der Waals surface area contributed by atoms with Crippen LogP contribution in [0.25, 0.3) is 10.8 Å². The highest BCUT2D eigenvalue weighted by molar-refractivity contribution is 5.92. The molecular formula is C12H15N3. The average Bonchev–Trinajstić information content (AvgIpc) is 2.16. The summed E-state index contributed by atoms with van der Waals surface area (Å²) in [6.45, 7) is 6.50. The van der Waals surface area contributed by atoms with Crippen molar-refractivity contribution >= 4 is 16.6 Å². The molecular weight excluding hydrogens is 186 g/mol. The van der Waals surface area contributed by atoms with Crippen LogP contribution in [0.1, 0.15) is 26.3 Å². The van der Waals surface area contributed by atoms with Gasteiger partial charge in [0.15, 0.2) is 0 Å². The topological polar surface area (TPSA) is 51.8 Å². The predicted octanol–water partition coefficient (Wildman–Crippen LogP) is 2.51. The van der Waals surface area contributed by atoms with Crippen molar-refractivity contribution in [2.75, 3.05) is 5.73 Å². The lowest BCUT2D eigenvalue weighted by Crippen LogP contribution is -2.12. The van der Waals surface area contributed by atoms with E-state index in [2.05, 4.69) is 30.7 Å². The van der Waals surface area contributed by atoms with Crippen molar-refractivity contribution in [3.63, 3.8) is 0 Å². The summed E-state index contributed by atoms with van der Waals surface area (Å²) in [5.74, 6) is 0.547. The maximum absolute atomic E-state index is 5.82. The number of anilines is 1. The minimum absolute atomic E-state index is 0.0697. The second-order valence-corrected chi connectivity index (χ2v) is 4.73. The van der Waals surface area contributed by atoms with Crippen LogP contribution in [0.4, 0.5) is 5.82 Å². The van der Waals surface area contributed by atoms with Gasteiger partial charge >= 0.3 is 0 Å². The largest absolute Gasteiger partial charge is 0.383 e. The first-order chi connectivity index (χ1) is 7.00. The number of nitrogen functional groups attached to an aromatic ring is 1. The predicted molar refractivity (Wildman–Crippen MR) is 62.7 cm³/mol. The Morgan fingerprint density at radius 3 is 2.53 bits per heavy atom. The molecule has 0 saturated carbocycles. The zero-order valence-electron chi connectivity index (χ0n) is 9.28. The highest BCUT2D eigenvalue weighted by Crippen LogP contribution is 2.30. The van der Waals surface area contributed by atoms with Crippen LogP contribution < -0.4 is 5.73 Å². The first-order valence-corrected chi connectivity index (χ1v) is 4.99. The van der Waals surface area contributed by atoms with Gasteiger partial charge in [-0.1, -0.05) is 20.8 Å². The molecule has 0 amide bonds. The van der Waals surface area contributed by atoms with E-state index < -0.39 is 0 Å². The van der Waals surface area contributed by atoms with E-state index >= 15 is 0 Å². The first-order valence-electron chi connectivity index (χ1n) is 4.99. The van der Waals surface area contributed by atoms with Gasteiger partial charge in [0.25, 0.3) is 0 Å². The monoisotopic (exact) mass is 201 g/mol. The summed E-state index contributed by atoms with van der Waals surface area (Å²) in [5, 5.41) is 2.08. The Hall–Kier alpha value is -1.64. The molecule has 0 fully saturated rings. The Bertz CT molecular complexity index is 498. The van der Waals surface area contributed by atoms with Crippen LogP contribution in [0.15, 0.2) is 24.7 Å². The Kier molecular flexibility index (Phi) is 2.11. The van der Waals surface area contributed by atoms with Crippen molar-refractivity contribution in [3.05, 3.63) is 30.2 Å². The molecule has 15 heavy (non-hydrogen) atoms. The first kappa shape index (κ1) is 9.90. The minimum atomic E-state index is 0.0697. The maximum Gasteiger partial charge on any atom is 0.132 e. The third-order valence-electron chi connectivity index (χ3n) is 2.53. The molecule has 3 heteroatoms. The van der Waals surface area contributed by atoms with Crippen LogP contribution in [0.5, 0.6) is 0 Å². The van der Waals surface area contributed by atoms with E-state index in [-0.39, 0.29) is 5.41 Å². The van der Waals surface area contributed by atoms with Gasteiger partial charge in [-0.3, -0.25) is 4.98 Å². The molecule has 0 atom stereocenters. The van der Waals surface area contributed by atoms with E-state index in [1.54, 1.807) is 12.4 Å². The smallest absolute Gasteiger partial charge is 0.132 e. The third-order valence-corrected chi connectivity index (χ3v) is 2.53. The van der Waals surface area contributed by atoms with Crippen molar-refractivity contribution in [3.8, 4) is 0 Å². The highest BCUT2D eigenvalue weighted by atomic mass is 14.8. The highest BCUT2D eigenvalue weighted by Gasteiger charge is 2.17. The molecule has 2 rings (SSSR count). The lowest BCUT2D eigenvalue weighted by molar-refractivity contribution is 0.593. The zero-order chi connectivity index (χ0) is 11.1. The normalized spacial score (nSPS) is 11.9. The molecule has 0 spiro atoms. The van der Waals surface area contributed by atoms with Gasteiger partial charge in [-0.2, -0.15) is 0 Å². The van der Waals surface area contributed by atoms with Gasteiger partial charge in [-0.15, -0.1) is 0 Å². The summed E-state index contributed by atoms with van der Waals surface area (Å²) < 4.78 is 0. The molecule has 2 aromatic rings. The number of nitrogens with two attached hydrogens (primary N) is 1. The van der Waals surface area contributed by atoms with Gasteiger partial charge in [-0.25, -0.2) is 4.98 Å². The van der Waals surface area contributed by atoms with E-state index in [0.717, 1.165) is 10.8 Å². The Morgan fingerprint density at radius 1 is 1.13 bits per heavy atom. The van der Waals surface area contributed by atoms with E-state index in [0.29, 0.717) is 5.82 Å². The van der Waals surface area contributed by atoms with E-state index in [9.17, 15) is 0 Å². The number of hydrogen-bond acceptors (Lipinski definition) is 3.